The average Bonchev–Trinajstić information content (AvgIpc) is 2.85. The fraction of sp³-hybridized carbons (Fsp3) is 0.286. The number of nitrogens with two attached hydrogens (primary N) is 1. The molecule has 1 aromatic carbocycles. The predicted octanol–water partition coefficient (Wildman–Crippen LogP) is 2.13. The summed E-state index contributed by atoms with van der Waals surface area (Å²) in [6, 6.07) is 6.31. The number of anilines is 1. The minimum Gasteiger partial charge on any atom is -0.487 e. The van der Waals surface area contributed by atoms with Crippen molar-refractivity contribution in [3.8, 4) is 5.75 Å². The van der Waals surface area contributed by atoms with Gasteiger partial charge in [0, 0.05) is 0 Å². The van der Waals surface area contributed by atoms with Gasteiger partial charge in [-0.25, -0.2) is 4.98 Å². The summed E-state index contributed by atoms with van der Waals surface area (Å²) in [6.45, 7) is 0.423. The summed E-state index contributed by atoms with van der Waals surface area (Å²) in [5.41, 5.74) is 9.13. The number of fused-ring (bicyclic) bond motifs is 1. The zero-order valence-electron chi connectivity index (χ0n) is 10.1. The monoisotopic (exact) mass is 241 g/mol. The van der Waals surface area contributed by atoms with Crippen LogP contribution in [0.4, 0.5) is 5.82 Å². The second-order valence-corrected chi connectivity index (χ2v) is 4.51. The van der Waals surface area contributed by atoms with Crippen molar-refractivity contribution < 1.29 is 4.74 Å². The van der Waals surface area contributed by atoms with Crippen molar-refractivity contribution in [3.05, 3.63) is 47.4 Å². The molecule has 1 heterocycles. The summed E-state index contributed by atoms with van der Waals surface area (Å²) in [5.74, 6) is 1.32. The molecule has 2 N–H and O–H groups in total. The van der Waals surface area contributed by atoms with Crippen LogP contribution in [0.2, 0.25) is 0 Å². The smallest absolute Gasteiger partial charge is 0.141 e. The van der Waals surface area contributed by atoms with Crippen LogP contribution in [0.1, 0.15) is 23.2 Å². The molecular formula is C14H15N3O. The van der Waals surface area contributed by atoms with Gasteiger partial charge in [-0.05, 0) is 42.5 Å². The van der Waals surface area contributed by atoms with Crippen molar-refractivity contribution >= 4 is 5.82 Å². The zero-order chi connectivity index (χ0) is 12.4. The molecule has 0 aliphatic heterocycles. The number of aromatic nitrogens is 2. The molecule has 2 aromatic rings. The van der Waals surface area contributed by atoms with Gasteiger partial charge < -0.3 is 10.5 Å². The number of hydrogen-bond acceptors (Lipinski definition) is 4. The van der Waals surface area contributed by atoms with Gasteiger partial charge >= 0.3 is 0 Å². The van der Waals surface area contributed by atoms with Crippen LogP contribution in [0.15, 0.2) is 30.6 Å². The highest BCUT2D eigenvalue weighted by molar-refractivity contribution is 5.38. The Morgan fingerprint density at radius 2 is 2.00 bits per heavy atom. The molecule has 0 bridgehead atoms. The lowest BCUT2D eigenvalue weighted by molar-refractivity contribution is 0.300. The number of nitrogens with zero attached hydrogens (tertiary/aromatic N) is 2. The molecule has 1 aromatic heterocycles. The fourth-order valence-electron chi connectivity index (χ4n) is 2.23. The van der Waals surface area contributed by atoms with E-state index in [1.54, 1.807) is 12.4 Å². The highest BCUT2D eigenvalue weighted by Crippen LogP contribution is 2.26. The van der Waals surface area contributed by atoms with E-state index >= 15 is 0 Å². The molecule has 0 saturated heterocycles. The van der Waals surface area contributed by atoms with Crippen LogP contribution in [0.3, 0.4) is 0 Å². The summed E-state index contributed by atoms with van der Waals surface area (Å²) >= 11 is 0. The molecule has 0 spiro atoms. The lowest BCUT2D eigenvalue weighted by Gasteiger charge is -2.07. The Hall–Kier alpha value is -2.10. The summed E-state index contributed by atoms with van der Waals surface area (Å²) in [7, 11) is 0. The molecule has 0 unspecified atom stereocenters. The first-order valence-electron chi connectivity index (χ1n) is 6.12. The Labute approximate surface area is 106 Å². The van der Waals surface area contributed by atoms with Crippen LogP contribution in [-0.2, 0) is 19.4 Å². The largest absolute Gasteiger partial charge is 0.487 e. The van der Waals surface area contributed by atoms with E-state index in [-0.39, 0.29) is 0 Å². The number of aryl methyl sites for hydroxylation is 2. The Morgan fingerprint density at radius 3 is 2.83 bits per heavy atom. The van der Waals surface area contributed by atoms with Crippen LogP contribution in [-0.4, -0.2) is 9.97 Å². The SMILES string of the molecule is Nc1cnc(COc2ccc3c(c2)CCC3)cn1. The Kier molecular flexibility index (Phi) is 2.84. The molecule has 92 valence electrons. The highest BCUT2D eigenvalue weighted by Gasteiger charge is 2.11. The molecule has 0 saturated carbocycles. The maximum absolute atomic E-state index is 5.71. The van der Waals surface area contributed by atoms with E-state index in [4.69, 9.17) is 10.5 Å². The molecule has 0 atom stereocenters. The second-order valence-electron chi connectivity index (χ2n) is 4.51. The van der Waals surface area contributed by atoms with E-state index in [0.29, 0.717) is 12.4 Å². The third-order valence-corrected chi connectivity index (χ3v) is 3.18. The average molecular weight is 241 g/mol. The van der Waals surface area contributed by atoms with Crippen LogP contribution < -0.4 is 10.5 Å². The summed E-state index contributed by atoms with van der Waals surface area (Å²) in [4.78, 5) is 8.14. The quantitative estimate of drug-likeness (QED) is 0.894. The van der Waals surface area contributed by atoms with E-state index < -0.39 is 0 Å². The summed E-state index contributed by atoms with van der Waals surface area (Å²) < 4.78 is 5.71. The van der Waals surface area contributed by atoms with Gasteiger partial charge in [0.15, 0.2) is 0 Å². The fourth-order valence-corrected chi connectivity index (χ4v) is 2.23. The van der Waals surface area contributed by atoms with Crippen LogP contribution >= 0.6 is 0 Å². The third kappa shape index (κ3) is 2.27. The van der Waals surface area contributed by atoms with Gasteiger partial charge in [0.2, 0.25) is 0 Å². The number of benzene rings is 1. The molecule has 18 heavy (non-hydrogen) atoms. The number of rotatable bonds is 3. The van der Waals surface area contributed by atoms with E-state index in [9.17, 15) is 0 Å². The van der Waals surface area contributed by atoms with Gasteiger partial charge in [0.1, 0.15) is 18.2 Å². The molecule has 0 fully saturated rings. The van der Waals surface area contributed by atoms with Crippen molar-refractivity contribution in [2.24, 2.45) is 0 Å². The first-order chi connectivity index (χ1) is 8.81. The Bertz CT molecular complexity index is 551. The first-order valence-corrected chi connectivity index (χ1v) is 6.12. The van der Waals surface area contributed by atoms with Crippen molar-refractivity contribution in [2.45, 2.75) is 25.9 Å². The number of ether oxygens (including phenoxy) is 1. The molecule has 4 heteroatoms. The maximum Gasteiger partial charge on any atom is 0.141 e. The standard InChI is InChI=1S/C14H15N3O/c15-14-8-16-12(7-17-14)9-18-13-5-4-10-2-1-3-11(10)6-13/h4-8H,1-3,9H2,(H2,15,17). The van der Waals surface area contributed by atoms with Crippen molar-refractivity contribution in [1.29, 1.82) is 0 Å². The summed E-state index contributed by atoms with van der Waals surface area (Å²) in [5, 5.41) is 0. The van der Waals surface area contributed by atoms with Gasteiger partial charge in [-0.2, -0.15) is 0 Å². The molecule has 1 aliphatic rings. The molecule has 1 aliphatic carbocycles. The van der Waals surface area contributed by atoms with Gasteiger partial charge in [0.05, 0.1) is 18.1 Å². The lowest BCUT2D eigenvalue weighted by Crippen LogP contribution is -2.01. The van der Waals surface area contributed by atoms with E-state index in [1.807, 2.05) is 6.07 Å². The van der Waals surface area contributed by atoms with E-state index in [1.165, 1.54) is 24.0 Å². The topological polar surface area (TPSA) is 61.0 Å². The van der Waals surface area contributed by atoms with Crippen LogP contribution in [0.5, 0.6) is 5.75 Å². The molecular weight excluding hydrogens is 226 g/mol. The molecule has 0 amide bonds. The normalized spacial score (nSPS) is 13.3. The molecule has 0 radical (unpaired) electrons. The predicted molar refractivity (Wildman–Crippen MR) is 69.2 cm³/mol. The van der Waals surface area contributed by atoms with Crippen LogP contribution in [0.25, 0.3) is 0 Å². The minimum atomic E-state index is 0.423. The Balaban J connectivity index is 1.68. The molecule has 4 nitrogen and oxygen atoms in total. The van der Waals surface area contributed by atoms with Gasteiger partial charge in [-0.1, -0.05) is 6.07 Å². The van der Waals surface area contributed by atoms with Gasteiger partial charge in [-0.3, -0.25) is 4.98 Å². The van der Waals surface area contributed by atoms with Gasteiger partial charge in [-0.15, -0.1) is 0 Å². The van der Waals surface area contributed by atoms with Crippen molar-refractivity contribution in [1.82, 2.24) is 9.97 Å². The number of nitrogen functional groups attached to an aromatic ring is 1. The highest BCUT2D eigenvalue weighted by atomic mass is 16.5. The van der Waals surface area contributed by atoms with Crippen molar-refractivity contribution in [2.75, 3.05) is 5.73 Å². The van der Waals surface area contributed by atoms with E-state index in [0.717, 1.165) is 17.9 Å². The zero-order valence-corrected chi connectivity index (χ0v) is 10.1. The van der Waals surface area contributed by atoms with Crippen LogP contribution in [0, 0.1) is 0 Å². The number of hydrogen-bond donors (Lipinski definition) is 1. The second kappa shape index (κ2) is 4.64. The van der Waals surface area contributed by atoms with Gasteiger partial charge in [0.25, 0.3) is 0 Å². The van der Waals surface area contributed by atoms with E-state index in [2.05, 4.69) is 22.1 Å². The maximum atomic E-state index is 5.71. The van der Waals surface area contributed by atoms with Crippen molar-refractivity contribution in [3.63, 3.8) is 0 Å². The lowest BCUT2D eigenvalue weighted by atomic mass is 10.1. The molecule has 3 rings (SSSR count). The third-order valence-electron chi connectivity index (χ3n) is 3.18. The minimum absolute atomic E-state index is 0.423. The Morgan fingerprint density at radius 1 is 1.11 bits per heavy atom. The summed E-state index contributed by atoms with van der Waals surface area (Å²) in [6.07, 6.45) is 6.79. The first kappa shape index (κ1) is 11.0.